The van der Waals surface area contributed by atoms with Crippen molar-refractivity contribution < 1.29 is 38.9 Å². The molecule has 4 atom stereocenters. The number of benzene rings is 1. The van der Waals surface area contributed by atoms with Gasteiger partial charge in [0.05, 0.1) is 43.7 Å². The molecule has 2 saturated heterocycles. The number of aliphatic carboxylic acids is 1. The highest BCUT2D eigenvalue weighted by Crippen LogP contribution is 2.26. The van der Waals surface area contributed by atoms with Crippen LogP contribution in [0.15, 0.2) is 36.4 Å². The van der Waals surface area contributed by atoms with Gasteiger partial charge in [0, 0.05) is 11.9 Å². The monoisotopic (exact) mass is 625 g/mol. The number of fused-ring (bicyclic) bond motifs is 1. The summed E-state index contributed by atoms with van der Waals surface area (Å²) < 4.78 is 10.9. The molecule has 3 amide bonds. The van der Waals surface area contributed by atoms with Crippen LogP contribution in [0.5, 0.6) is 0 Å². The lowest BCUT2D eigenvalue weighted by Crippen LogP contribution is -2.61. The maximum Gasteiger partial charge on any atom is 0.318 e. The second-order valence-electron chi connectivity index (χ2n) is 12.1. The Balaban J connectivity index is 1.39. The summed E-state index contributed by atoms with van der Waals surface area (Å²) in [6.07, 6.45) is 3.22. The minimum atomic E-state index is -1.28. The summed E-state index contributed by atoms with van der Waals surface area (Å²) in [5.41, 5.74) is 3.77. The van der Waals surface area contributed by atoms with E-state index in [4.69, 9.17) is 14.5 Å². The third-order valence-electron chi connectivity index (χ3n) is 8.05. The van der Waals surface area contributed by atoms with Crippen molar-refractivity contribution in [1.29, 1.82) is 0 Å². The molecule has 45 heavy (non-hydrogen) atoms. The molecule has 2 aromatic rings. The van der Waals surface area contributed by atoms with Crippen molar-refractivity contribution in [3.8, 4) is 0 Å². The molecule has 0 spiro atoms. The largest absolute Gasteiger partial charge is 0.480 e. The number of carbonyl (C=O) groups is 4. The smallest absolute Gasteiger partial charge is 0.318 e. The molecule has 2 fully saturated rings. The Bertz CT molecular complexity index is 1420. The summed E-state index contributed by atoms with van der Waals surface area (Å²) >= 11 is 0. The van der Waals surface area contributed by atoms with E-state index in [0.29, 0.717) is 43.8 Å². The molecule has 244 valence electrons. The minimum absolute atomic E-state index is 0.0197. The summed E-state index contributed by atoms with van der Waals surface area (Å²) in [5.74, 6) is -2.63. The first-order valence-corrected chi connectivity index (χ1v) is 15.3. The van der Waals surface area contributed by atoms with Crippen LogP contribution in [-0.2, 0) is 28.7 Å². The summed E-state index contributed by atoms with van der Waals surface area (Å²) in [6, 6.07) is 7.37. The number of nitrogens with one attached hydrogen (secondary N) is 3. The van der Waals surface area contributed by atoms with E-state index in [2.05, 4.69) is 16.1 Å². The molecule has 4 rings (SSSR count). The fraction of sp³-hybridized carbons (Fsp3) is 0.531. The highest BCUT2D eigenvalue weighted by atomic mass is 16.5. The fourth-order valence-corrected chi connectivity index (χ4v) is 5.13. The molecular formula is C32H43N5O8. The first kappa shape index (κ1) is 34.0. The number of carboxylic acids is 1. The van der Waals surface area contributed by atoms with Crippen LogP contribution in [0, 0.1) is 11.3 Å². The molecule has 13 nitrogen and oxygen atoms in total. The van der Waals surface area contributed by atoms with Crippen molar-refractivity contribution in [3.63, 3.8) is 0 Å². The molecule has 1 aromatic carbocycles. The lowest BCUT2D eigenvalue weighted by Gasteiger charge is -2.35. The normalized spacial score (nSPS) is 20.8. The first-order valence-electron chi connectivity index (χ1n) is 15.3. The van der Waals surface area contributed by atoms with Gasteiger partial charge in [-0.25, -0.2) is 5.43 Å². The van der Waals surface area contributed by atoms with E-state index in [-0.39, 0.29) is 25.0 Å². The molecule has 2 aliphatic rings. The molecule has 5 N–H and O–H groups in total. The van der Waals surface area contributed by atoms with Gasteiger partial charge in [0.15, 0.2) is 0 Å². The third-order valence-corrected chi connectivity index (χ3v) is 8.05. The predicted octanol–water partition coefficient (Wildman–Crippen LogP) is 1.56. The summed E-state index contributed by atoms with van der Waals surface area (Å²) in [7, 11) is 0. The van der Waals surface area contributed by atoms with E-state index in [0.717, 1.165) is 10.9 Å². The van der Waals surface area contributed by atoms with Gasteiger partial charge in [-0.3, -0.25) is 29.2 Å². The van der Waals surface area contributed by atoms with Crippen molar-refractivity contribution >= 4 is 40.7 Å². The second kappa shape index (κ2) is 14.9. The lowest BCUT2D eigenvalue weighted by atomic mass is 9.89. The van der Waals surface area contributed by atoms with Crippen LogP contribution < -0.4 is 16.1 Å². The van der Waals surface area contributed by atoms with Crippen molar-refractivity contribution in [2.45, 2.75) is 64.8 Å². The molecule has 0 unspecified atom stereocenters. The summed E-state index contributed by atoms with van der Waals surface area (Å²) in [4.78, 5) is 55.2. The number of pyridine rings is 1. The van der Waals surface area contributed by atoms with Gasteiger partial charge in [0.2, 0.25) is 11.8 Å². The van der Waals surface area contributed by atoms with Crippen molar-refractivity contribution in [1.82, 2.24) is 26.1 Å². The number of aliphatic hydroxyl groups is 1. The third kappa shape index (κ3) is 8.42. The maximum absolute atomic E-state index is 13.2. The average Bonchev–Trinajstić information content (AvgIpc) is 3.29. The quantitative estimate of drug-likeness (QED) is 0.260. The van der Waals surface area contributed by atoms with Gasteiger partial charge in [-0.1, -0.05) is 44.2 Å². The first-order chi connectivity index (χ1) is 21.4. The highest BCUT2D eigenvalue weighted by Gasteiger charge is 2.38. The minimum Gasteiger partial charge on any atom is -0.480 e. The van der Waals surface area contributed by atoms with Gasteiger partial charge < -0.3 is 30.3 Å². The number of nitrogens with zero attached hydrogens (tertiary/aromatic N) is 2. The van der Waals surface area contributed by atoms with Gasteiger partial charge in [0.1, 0.15) is 23.6 Å². The Kier molecular flexibility index (Phi) is 11.3. The zero-order chi connectivity index (χ0) is 32.7. The van der Waals surface area contributed by atoms with Crippen LogP contribution in [0.1, 0.15) is 57.8 Å². The Morgan fingerprint density at radius 2 is 1.76 bits per heavy atom. The van der Waals surface area contributed by atoms with Gasteiger partial charge in [-0.2, -0.15) is 0 Å². The molecule has 0 aliphatic carbocycles. The van der Waals surface area contributed by atoms with Gasteiger partial charge in [-0.05, 0) is 50.3 Å². The molecule has 1 aromatic heterocycles. The number of hydrazine groups is 1. The van der Waals surface area contributed by atoms with Crippen LogP contribution in [0.25, 0.3) is 17.0 Å². The molecular weight excluding hydrogens is 582 g/mol. The number of carbonyl (C=O) groups excluding carboxylic acids is 3. The van der Waals surface area contributed by atoms with Crippen LogP contribution >= 0.6 is 0 Å². The number of carboxylic acid groups (broad SMARTS) is 1. The Labute approximate surface area is 262 Å². The van der Waals surface area contributed by atoms with E-state index < -0.39 is 47.4 Å². The standard InChI is InChI=1S/C32H43N5O8/c1-19(2)27(38)29(40)34-21(4)30(41)37-13-5-6-25(36-37)28(39)33-20(3)24-10-9-23-8-7-22(16-26(23)35-24)11-12-32(31(42)43)17-44-14-15-45-18-32/h7-12,16,19-21,25,27,36,38H,5-6,13-15,17-18H2,1-4H3,(H,33,39)(H,34,40)(H,42,43)/t20-,21+,25+,27+/m1/s1. The zero-order valence-corrected chi connectivity index (χ0v) is 26.1. The number of hydrogen-bond acceptors (Lipinski definition) is 9. The molecule has 0 saturated carbocycles. The van der Waals surface area contributed by atoms with Gasteiger partial charge in [0.25, 0.3) is 5.91 Å². The SMILES string of the molecule is CC(C)[C@H](O)C(=O)N[C@@H](C)C(=O)N1CCC[C@@H](C(=O)N[C@H](C)c2ccc3ccc(C=CC4(C(=O)O)COCCOC4)cc3n2)N1. The number of aliphatic hydroxyl groups excluding tert-OH is 1. The van der Waals surface area contributed by atoms with E-state index in [1.54, 1.807) is 26.0 Å². The van der Waals surface area contributed by atoms with E-state index >= 15 is 0 Å². The average molecular weight is 626 g/mol. The summed E-state index contributed by atoms with van der Waals surface area (Å²) in [6.45, 7) is 7.88. The van der Waals surface area contributed by atoms with E-state index in [9.17, 15) is 29.4 Å². The van der Waals surface area contributed by atoms with E-state index in [1.807, 2.05) is 37.3 Å². The predicted molar refractivity (Wildman–Crippen MR) is 165 cm³/mol. The highest BCUT2D eigenvalue weighted by molar-refractivity contribution is 5.90. The van der Waals surface area contributed by atoms with Gasteiger partial charge >= 0.3 is 5.97 Å². The molecule has 0 bridgehead atoms. The van der Waals surface area contributed by atoms with Crippen LogP contribution in [0.4, 0.5) is 0 Å². The molecule has 2 aliphatic heterocycles. The molecule has 3 heterocycles. The number of ether oxygens (including phenoxy) is 2. The van der Waals surface area contributed by atoms with Gasteiger partial charge in [-0.15, -0.1) is 0 Å². The Morgan fingerprint density at radius 3 is 2.42 bits per heavy atom. The second-order valence-corrected chi connectivity index (χ2v) is 12.1. The van der Waals surface area contributed by atoms with Crippen LogP contribution in [0.3, 0.4) is 0 Å². The Morgan fingerprint density at radius 1 is 1.07 bits per heavy atom. The fourth-order valence-electron chi connectivity index (χ4n) is 5.13. The van der Waals surface area contributed by atoms with Crippen molar-refractivity contribution in [2.75, 3.05) is 33.0 Å². The lowest BCUT2D eigenvalue weighted by molar-refractivity contribution is -0.150. The zero-order valence-electron chi connectivity index (χ0n) is 26.1. The van der Waals surface area contributed by atoms with Crippen LogP contribution in [0.2, 0.25) is 0 Å². The summed E-state index contributed by atoms with van der Waals surface area (Å²) in [5, 5.41) is 27.6. The molecule has 0 radical (unpaired) electrons. The number of aromatic nitrogens is 1. The topological polar surface area (TPSA) is 179 Å². The number of amides is 3. The van der Waals surface area contributed by atoms with Crippen LogP contribution in [-0.4, -0.2) is 95.1 Å². The molecule has 13 heteroatoms. The van der Waals surface area contributed by atoms with Crippen molar-refractivity contribution in [3.05, 3.63) is 47.7 Å². The Hall–Kier alpha value is -3.91. The van der Waals surface area contributed by atoms with E-state index in [1.165, 1.54) is 11.9 Å². The number of rotatable bonds is 10. The number of hydrogen-bond donors (Lipinski definition) is 5. The maximum atomic E-state index is 13.2. The van der Waals surface area contributed by atoms with Crippen molar-refractivity contribution in [2.24, 2.45) is 11.3 Å².